The number of hydrogen-bond donors (Lipinski definition) is 1. The van der Waals surface area contributed by atoms with Crippen LogP contribution in [0.5, 0.6) is 5.75 Å². The topological polar surface area (TPSA) is 64.6 Å². The quantitative estimate of drug-likeness (QED) is 0.824. The molecule has 0 aromatic heterocycles. The first kappa shape index (κ1) is 17.5. The molecule has 0 saturated carbocycles. The third-order valence-corrected chi connectivity index (χ3v) is 3.43. The highest BCUT2D eigenvalue weighted by molar-refractivity contribution is 5.95. The number of aryl methyl sites for hydroxylation is 1. The molecule has 126 valence electrons. The minimum absolute atomic E-state index is 0.262. The van der Waals surface area contributed by atoms with Crippen molar-refractivity contribution in [3.05, 3.63) is 59.7 Å². The van der Waals surface area contributed by atoms with Crippen LogP contribution in [0, 0.1) is 6.92 Å². The first-order valence-electron chi connectivity index (χ1n) is 7.81. The van der Waals surface area contributed by atoms with E-state index in [2.05, 4.69) is 5.32 Å². The lowest BCUT2D eigenvalue weighted by Gasteiger charge is -2.16. The molecular weight excluding hydrogens is 306 g/mol. The number of ether oxygens (including phenoxy) is 2. The molecule has 0 fully saturated rings. The van der Waals surface area contributed by atoms with E-state index in [9.17, 15) is 9.59 Å². The van der Waals surface area contributed by atoms with E-state index in [0.717, 1.165) is 5.56 Å². The molecule has 1 atom stereocenters. The highest BCUT2D eigenvalue weighted by Crippen LogP contribution is 2.18. The summed E-state index contributed by atoms with van der Waals surface area (Å²) in [6.45, 7) is 5.69. The second-order valence-electron chi connectivity index (χ2n) is 5.31. The SMILES string of the molecule is CCOC(=O)c1ccc(NC(=O)C(C)Oc2ccccc2C)cc1. The summed E-state index contributed by atoms with van der Waals surface area (Å²) in [4.78, 5) is 23.8. The standard InChI is InChI=1S/C19H21NO4/c1-4-23-19(22)15-9-11-16(12-10-15)20-18(21)14(3)24-17-8-6-5-7-13(17)2/h5-12,14H,4H2,1-3H3,(H,20,21). The second kappa shape index (κ2) is 8.15. The van der Waals surface area contributed by atoms with Gasteiger partial charge in [-0.1, -0.05) is 18.2 Å². The first-order chi connectivity index (χ1) is 11.5. The normalized spacial score (nSPS) is 11.5. The van der Waals surface area contributed by atoms with Crippen LogP contribution in [0.4, 0.5) is 5.69 Å². The van der Waals surface area contributed by atoms with Gasteiger partial charge in [0, 0.05) is 5.69 Å². The molecule has 0 aliphatic carbocycles. The predicted molar refractivity (Wildman–Crippen MR) is 92.3 cm³/mol. The molecule has 0 aliphatic rings. The lowest BCUT2D eigenvalue weighted by Crippen LogP contribution is -2.30. The number of para-hydroxylation sites is 1. The lowest BCUT2D eigenvalue weighted by molar-refractivity contribution is -0.122. The molecule has 0 saturated heterocycles. The Labute approximate surface area is 141 Å². The summed E-state index contributed by atoms with van der Waals surface area (Å²) in [7, 11) is 0. The van der Waals surface area contributed by atoms with Crippen LogP contribution < -0.4 is 10.1 Å². The van der Waals surface area contributed by atoms with Crippen LogP contribution in [-0.4, -0.2) is 24.6 Å². The summed E-state index contributed by atoms with van der Waals surface area (Å²) in [6.07, 6.45) is -0.643. The molecule has 0 bridgehead atoms. The van der Waals surface area contributed by atoms with Crippen molar-refractivity contribution in [1.29, 1.82) is 0 Å². The zero-order valence-corrected chi connectivity index (χ0v) is 14.0. The van der Waals surface area contributed by atoms with Crippen LogP contribution >= 0.6 is 0 Å². The highest BCUT2D eigenvalue weighted by atomic mass is 16.5. The molecule has 1 amide bonds. The van der Waals surface area contributed by atoms with Crippen molar-refractivity contribution in [2.24, 2.45) is 0 Å². The molecule has 5 heteroatoms. The van der Waals surface area contributed by atoms with Crippen LogP contribution in [0.2, 0.25) is 0 Å². The summed E-state index contributed by atoms with van der Waals surface area (Å²) < 4.78 is 10.6. The fraction of sp³-hybridized carbons (Fsp3) is 0.263. The number of anilines is 1. The van der Waals surface area contributed by atoms with E-state index in [-0.39, 0.29) is 11.9 Å². The number of benzene rings is 2. The first-order valence-corrected chi connectivity index (χ1v) is 7.81. The van der Waals surface area contributed by atoms with Crippen LogP contribution in [0.3, 0.4) is 0 Å². The number of carbonyl (C=O) groups excluding carboxylic acids is 2. The number of amides is 1. The summed E-state index contributed by atoms with van der Waals surface area (Å²) >= 11 is 0. The maximum Gasteiger partial charge on any atom is 0.338 e. The Bertz CT molecular complexity index is 710. The number of esters is 1. The van der Waals surface area contributed by atoms with Crippen LogP contribution in [-0.2, 0) is 9.53 Å². The zero-order valence-electron chi connectivity index (χ0n) is 14.0. The van der Waals surface area contributed by atoms with Crippen molar-refractivity contribution >= 4 is 17.6 Å². The van der Waals surface area contributed by atoms with Crippen LogP contribution in [0.15, 0.2) is 48.5 Å². The van der Waals surface area contributed by atoms with Gasteiger partial charge in [-0.05, 0) is 56.7 Å². The average molecular weight is 327 g/mol. The largest absolute Gasteiger partial charge is 0.481 e. The lowest BCUT2D eigenvalue weighted by atomic mass is 10.2. The van der Waals surface area contributed by atoms with Crippen molar-refractivity contribution < 1.29 is 19.1 Å². The molecule has 2 aromatic rings. The smallest absolute Gasteiger partial charge is 0.338 e. The van der Waals surface area contributed by atoms with E-state index >= 15 is 0 Å². The Morgan fingerprint density at radius 3 is 2.38 bits per heavy atom. The number of carbonyl (C=O) groups is 2. The molecule has 2 aromatic carbocycles. The molecule has 1 unspecified atom stereocenters. The zero-order chi connectivity index (χ0) is 17.5. The van der Waals surface area contributed by atoms with Crippen LogP contribution in [0.1, 0.15) is 29.8 Å². The van der Waals surface area contributed by atoms with Gasteiger partial charge in [-0.15, -0.1) is 0 Å². The highest BCUT2D eigenvalue weighted by Gasteiger charge is 2.16. The monoisotopic (exact) mass is 327 g/mol. The fourth-order valence-electron chi connectivity index (χ4n) is 2.08. The van der Waals surface area contributed by atoms with Gasteiger partial charge in [0.1, 0.15) is 5.75 Å². The average Bonchev–Trinajstić information content (AvgIpc) is 2.57. The molecule has 0 aliphatic heterocycles. The van der Waals surface area contributed by atoms with Crippen molar-refractivity contribution in [2.75, 3.05) is 11.9 Å². The molecule has 24 heavy (non-hydrogen) atoms. The molecule has 2 rings (SSSR count). The Kier molecular flexibility index (Phi) is 5.95. The van der Waals surface area contributed by atoms with E-state index < -0.39 is 6.10 Å². The Hall–Kier alpha value is -2.82. The van der Waals surface area contributed by atoms with Crippen molar-refractivity contribution in [3.8, 4) is 5.75 Å². The van der Waals surface area contributed by atoms with Gasteiger partial charge >= 0.3 is 5.97 Å². The third kappa shape index (κ3) is 4.59. The minimum atomic E-state index is -0.643. The van der Waals surface area contributed by atoms with Gasteiger partial charge in [0.2, 0.25) is 0 Å². The minimum Gasteiger partial charge on any atom is -0.481 e. The molecular formula is C19H21NO4. The maximum absolute atomic E-state index is 12.2. The van der Waals surface area contributed by atoms with E-state index in [4.69, 9.17) is 9.47 Å². The number of nitrogens with one attached hydrogen (secondary N) is 1. The second-order valence-corrected chi connectivity index (χ2v) is 5.31. The van der Waals surface area contributed by atoms with Crippen molar-refractivity contribution in [1.82, 2.24) is 0 Å². The Balaban J connectivity index is 1.96. The fourth-order valence-corrected chi connectivity index (χ4v) is 2.08. The molecule has 0 spiro atoms. The maximum atomic E-state index is 12.2. The van der Waals surface area contributed by atoms with Gasteiger partial charge in [-0.2, -0.15) is 0 Å². The van der Waals surface area contributed by atoms with Gasteiger partial charge in [0.15, 0.2) is 6.10 Å². The van der Waals surface area contributed by atoms with Gasteiger partial charge in [-0.3, -0.25) is 4.79 Å². The van der Waals surface area contributed by atoms with Crippen molar-refractivity contribution in [2.45, 2.75) is 26.9 Å². The predicted octanol–water partition coefficient (Wildman–Crippen LogP) is 3.58. The van der Waals surface area contributed by atoms with Gasteiger partial charge < -0.3 is 14.8 Å². The van der Waals surface area contributed by atoms with E-state index in [1.165, 1.54) is 0 Å². The molecule has 0 radical (unpaired) electrons. The van der Waals surface area contributed by atoms with Crippen LogP contribution in [0.25, 0.3) is 0 Å². The molecule has 1 N–H and O–H groups in total. The summed E-state index contributed by atoms with van der Waals surface area (Å²) in [5.74, 6) is 0.0339. The summed E-state index contributed by atoms with van der Waals surface area (Å²) in [6, 6.07) is 14.1. The third-order valence-electron chi connectivity index (χ3n) is 3.43. The molecule has 0 heterocycles. The number of hydrogen-bond acceptors (Lipinski definition) is 4. The van der Waals surface area contributed by atoms with E-state index in [0.29, 0.717) is 23.6 Å². The summed E-state index contributed by atoms with van der Waals surface area (Å²) in [5.41, 5.74) is 2.00. The summed E-state index contributed by atoms with van der Waals surface area (Å²) in [5, 5.41) is 2.76. The molecule has 5 nitrogen and oxygen atoms in total. The Morgan fingerprint density at radius 1 is 1.08 bits per heavy atom. The Morgan fingerprint density at radius 2 is 1.75 bits per heavy atom. The van der Waals surface area contributed by atoms with Gasteiger partial charge in [-0.25, -0.2) is 4.79 Å². The van der Waals surface area contributed by atoms with Gasteiger partial charge in [0.05, 0.1) is 12.2 Å². The van der Waals surface area contributed by atoms with E-state index in [1.807, 2.05) is 31.2 Å². The van der Waals surface area contributed by atoms with Gasteiger partial charge in [0.25, 0.3) is 5.91 Å². The number of rotatable bonds is 6. The van der Waals surface area contributed by atoms with E-state index in [1.54, 1.807) is 38.1 Å². The van der Waals surface area contributed by atoms with Crippen molar-refractivity contribution in [3.63, 3.8) is 0 Å².